The number of nitrogens with zero attached hydrogens (tertiary/aromatic N) is 4. The van der Waals surface area contributed by atoms with Crippen molar-refractivity contribution < 1.29 is 28.3 Å². The van der Waals surface area contributed by atoms with Gasteiger partial charge >= 0.3 is 0 Å². The Morgan fingerprint density at radius 3 is 2.88 bits per heavy atom. The minimum Gasteiger partial charge on any atom is -0.378 e. The highest BCUT2D eigenvalue weighted by molar-refractivity contribution is 6.30. The van der Waals surface area contributed by atoms with E-state index in [1.807, 2.05) is 0 Å². The molecule has 2 heterocycles. The molecule has 2 atom stereocenters. The molecule has 2 aromatic carbocycles. The molecule has 180 valence electrons. The average molecular weight is 495 g/mol. The molecule has 4 rings (SSSR count). The van der Waals surface area contributed by atoms with Crippen LogP contribution in [0.15, 0.2) is 41.5 Å². The number of hydrogen-bond donors (Lipinski definition) is 3. The lowest BCUT2D eigenvalue weighted by Gasteiger charge is -2.26. The van der Waals surface area contributed by atoms with E-state index in [1.165, 1.54) is 6.07 Å². The molecule has 2 aromatic rings. The molecule has 10 nitrogen and oxygen atoms in total. The van der Waals surface area contributed by atoms with Gasteiger partial charge in [-0.1, -0.05) is 23.7 Å². The number of carbonyl (C=O) groups is 2. The highest BCUT2D eigenvalue weighted by atomic mass is 35.5. The zero-order chi connectivity index (χ0) is 24.4. The highest BCUT2D eigenvalue weighted by Crippen LogP contribution is 2.27. The van der Waals surface area contributed by atoms with Crippen LogP contribution in [0.25, 0.3) is 0 Å². The second kappa shape index (κ2) is 9.89. The molecular formula is C21H21ClF2N6O4. The van der Waals surface area contributed by atoms with Crippen molar-refractivity contribution in [2.75, 3.05) is 18.7 Å². The third-order valence-corrected chi connectivity index (χ3v) is 5.60. The number of halogens is 3. The molecule has 3 N–H and O–H groups in total. The first kappa shape index (κ1) is 23.8. The lowest BCUT2D eigenvalue weighted by molar-refractivity contribution is -0.188. The maximum absolute atomic E-state index is 14.0. The van der Waals surface area contributed by atoms with Crippen molar-refractivity contribution in [3.63, 3.8) is 0 Å². The Morgan fingerprint density at radius 2 is 2.15 bits per heavy atom. The summed E-state index contributed by atoms with van der Waals surface area (Å²) in [5.41, 5.74) is 3.57. The molecule has 13 heteroatoms. The number of amides is 2. The number of aliphatic hydroxyl groups is 1. The molecule has 2 amide bonds. The van der Waals surface area contributed by atoms with Crippen molar-refractivity contribution in [1.29, 1.82) is 0 Å². The molecular weight excluding hydrogens is 474 g/mol. The van der Waals surface area contributed by atoms with Crippen LogP contribution in [0.3, 0.4) is 0 Å². The maximum atomic E-state index is 14.0. The van der Waals surface area contributed by atoms with E-state index in [1.54, 1.807) is 41.7 Å². The third kappa shape index (κ3) is 4.66. The van der Waals surface area contributed by atoms with Gasteiger partial charge in [0.15, 0.2) is 17.7 Å². The summed E-state index contributed by atoms with van der Waals surface area (Å²) in [5.74, 6) is -4.18. The Kier molecular flexibility index (Phi) is 6.93. The van der Waals surface area contributed by atoms with Gasteiger partial charge in [0.05, 0.1) is 12.3 Å². The van der Waals surface area contributed by atoms with Crippen molar-refractivity contribution in [2.45, 2.75) is 25.1 Å². The first-order valence-electron chi connectivity index (χ1n) is 10.2. The third-order valence-electron chi connectivity index (χ3n) is 5.37. The van der Waals surface area contributed by atoms with Crippen LogP contribution in [-0.2, 0) is 21.0 Å². The smallest absolute Gasteiger partial charge is 0.280 e. The van der Waals surface area contributed by atoms with Crippen LogP contribution in [0.2, 0.25) is 5.02 Å². The molecule has 0 saturated carbocycles. The van der Waals surface area contributed by atoms with E-state index in [2.05, 4.69) is 16.0 Å². The Balaban J connectivity index is 1.46. The monoisotopic (exact) mass is 494 g/mol. The lowest BCUT2D eigenvalue weighted by Crippen LogP contribution is -2.47. The molecule has 0 spiro atoms. The summed E-state index contributed by atoms with van der Waals surface area (Å²) in [6.45, 7) is 0.0951. The highest BCUT2D eigenvalue weighted by Gasteiger charge is 2.39. The summed E-state index contributed by atoms with van der Waals surface area (Å²) in [4.78, 5) is 30.9. The van der Waals surface area contributed by atoms with E-state index in [0.717, 1.165) is 12.1 Å². The number of aliphatic hydroxyl groups excluding tert-OH is 1. The molecule has 0 radical (unpaired) electrons. The molecule has 1 fully saturated rings. The van der Waals surface area contributed by atoms with Crippen molar-refractivity contribution in [2.24, 2.45) is 5.10 Å². The van der Waals surface area contributed by atoms with E-state index in [4.69, 9.17) is 16.4 Å². The normalized spacial score (nSPS) is 18.8. The van der Waals surface area contributed by atoms with Crippen LogP contribution in [0, 0.1) is 11.6 Å². The number of carbonyl (C=O) groups excluding carboxylic acids is 2. The predicted molar refractivity (Wildman–Crippen MR) is 118 cm³/mol. The second-order valence-corrected chi connectivity index (χ2v) is 7.99. The summed E-state index contributed by atoms with van der Waals surface area (Å²) in [6, 6.07) is 7.18. The molecule has 1 saturated heterocycles. The van der Waals surface area contributed by atoms with Crippen LogP contribution >= 0.6 is 11.6 Å². The summed E-state index contributed by atoms with van der Waals surface area (Å²) in [7, 11) is 1.75. The van der Waals surface area contributed by atoms with Crippen LogP contribution in [0.1, 0.15) is 23.7 Å². The van der Waals surface area contributed by atoms with Crippen molar-refractivity contribution in [3.8, 4) is 0 Å². The van der Waals surface area contributed by atoms with E-state index >= 15 is 0 Å². The maximum Gasteiger partial charge on any atom is 0.280 e. The number of hydroxylamine groups is 2. The fourth-order valence-electron chi connectivity index (χ4n) is 3.64. The van der Waals surface area contributed by atoms with E-state index in [-0.39, 0.29) is 19.6 Å². The molecule has 1 unspecified atom stereocenters. The Hall–Kier alpha value is -3.32. The largest absolute Gasteiger partial charge is 0.378 e. The minimum absolute atomic E-state index is 0.0330. The van der Waals surface area contributed by atoms with E-state index in [9.17, 15) is 23.5 Å². The number of hydrazone groups is 1. The Bertz CT molecular complexity index is 1140. The molecule has 2 aliphatic rings. The van der Waals surface area contributed by atoms with Crippen LogP contribution in [0.4, 0.5) is 14.5 Å². The van der Waals surface area contributed by atoms with Gasteiger partial charge in [-0.05, 0) is 29.8 Å². The minimum atomic E-state index is -2.04. The van der Waals surface area contributed by atoms with Crippen molar-refractivity contribution in [3.05, 3.63) is 64.2 Å². The van der Waals surface area contributed by atoms with Gasteiger partial charge in [-0.15, -0.1) is 5.12 Å². The lowest BCUT2D eigenvalue weighted by atomic mass is 10.1. The fraction of sp³-hybridized carbons (Fsp3) is 0.286. The first-order chi connectivity index (χ1) is 16.3. The van der Waals surface area contributed by atoms with Gasteiger partial charge < -0.3 is 10.4 Å². The molecule has 0 aliphatic carbocycles. The molecule has 0 aromatic heterocycles. The van der Waals surface area contributed by atoms with Gasteiger partial charge in [0, 0.05) is 30.6 Å². The SMILES string of the molecule is CN1NN=CN1c1ccc(Cl)cc1CNC(=O)[C@@H]1CCON1C(=O)C(O)c1cccc(F)c1F. The quantitative estimate of drug-likeness (QED) is 0.560. The van der Waals surface area contributed by atoms with Gasteiger partial charge in [-0.3, -0.25) is 14.4 Å². The van der Waals surface area contributed by atoms with Gasteiger partial charge in [-0.2, -0.15) is 5.10 Å². The van der Waals surface area contributed by atoms with Crippen LogP contribution in [0.5, 0.6) is 0 Å². The van der Waals surface area contributed by atoms with Gasteiger partial charge in [-0.25, -0.2) is 24.4 Å². The van der Waals surface area contributed by atoms with Crippen molar-refractivity contribution in [1.82, 2.24) is 21.0 Å². The number of nitrogens with one attached hydrogen (secondary N) is 2. The second-order valence-electron chi connectivity index (χ2n) is 7.55. The molecule has 34 heavy (non-hydrogen) atoms. The summed E-state index contributed by atoms with van der Waals surface area (Å²) in [6.07, 6.45) is -0.336. The van der Waals surface area contributed by atoms with Crippen LogP contribution in [-0.4, -0.2) is 53.1 Å². The van der Waals surface area contributed by atoms with E-state index in [0.29, 0.717) is 21.3 Å². The van der Waals surface area contributed by atoms with E-state index < -0.39 is 41.2 Å². The number of hydrogen-bond acceptors (Lipinski definition) is 8. The fourth-order valence-corrected chi connectivity index (χ4v) is 3.84. The summed E-state index contributed by atoms with van der Waals surface area (Å²) in [5, 5.41) is 21.5. The average Bonchev–Trinajstić information content (AvgIpc) is 3.48. The van der Waals surface area contributed by atoms with Crippen molar-refractivity contribution >= 4 is 35.4 Å². The summed E-state index contributed by atoms with van der Waals surface area (Å²) < 4.78 is 27.5. The predicted octanol–water partition coefficient (Wildman–Crippen LogP) is 1.62. The number of hydrazine groups is 2. The Labute approximate surface area is 198 Å². The zero-order valence-corrected chi connectivity index (χ0v) is 18.7. The molecule has 0 bridgehead atoms. The van der Waals surface area contributed by atoms with Gasteiger partial charge in [0.2, 0.25) is 5.91 Å². The number of benzene rings is 2. The van der Waals surface area contributed by atoms with Gasteiger partial charge in [0.1, 0.15) is 12.4 Å². The standard InChI is InChI=1S/C21H21ClF2N6O4/c1-28-27-26-11-29(28)16-6-5-13(22)9-12(16)10-25-20(32)17-7-8-34-30(17)21(33)19(31)14-3-2-4-15(23)18(14)24/h2-6,9,11,17,19,27,31H,7-8,10H2,1H3,(H,25,32)/t17-,19?/m0/s1. The number of rotatable bonds is 6. The number of anilines is 1. The Morgan fingerprint density at radius 1 is 1.35 bits per heavy atom. The van der Waals surface area contributed by atoms with Gasteiger partial charge in [0.25, 0.3) is 5.91 Å². The zero-order valence-electron chi connectivity index (χ0n) is 17.9. The van der Waals surface area contributed by atoms with Crippen LogP contribution < -0.4 is 15.9 Å². The topological polar surface area (TPSA) is 110 Å². The molecule has 2 aliphatic heterocycles. The first-order valence-corrected chi connectivity index (χ1v) is 10.6. The summed E-state index contributed by atoms with van der Waals surface area (Å²) >= 11 is 6.13.